The van der Waals surface area contributed by atoms with Crippen LogP contribution in [0.3, 0.4) is 0 Å². The van der Waals surface area contributed by atoms with E-state index in [2.05, 4.69) is 5.43 Å². The molecule has 4 nitrogen and oxygen atoms in total. The lowest BCUT2D eigenvalue weighted by Crippen LogP contribution is -2.32. The van der Waals surface area contributed by atoms with Crippen molar-refractivity contribution >= 4 is 16.8 Å². The summed E-state index contributed by atoms with van der Waals surface area (Å²) in [7, 11) is 0. The van der Waals surface area contributed by atoms with Crippen LogP contribution in [0, 0.1) is 0 Å². The van der Waals surface area contributed by atoms with E-state index in [1.165, 1.54) is 12.8 Å². The van der Waals surface area contributed by atoms with E-state index in [4.69, 9.17) is 15.3 Å². The largest absolute Gasteiger partial charge is 0.464 e. The number of amidine groups is 1. The summed E-state index contributed by atoms with van der Waals surface area (Å²) in [5.74, 6) is 6.34. The highest BCUT2D eigenvalue weighted by Crippen LogP contribution is 2.24. The Kier molecular flexibility index (Phi) is 3.02. The van der Waals surface area contributed by atoms with Crippen molar-refractivity contribution < 1.29 is 4.42 Å². The molecule has 0 aliphatic heterocycles. The summed E-state index contributed by atoms with van der Waals surface area (Å²) in [4.78, 5) is 4.71. The summed E-state index contributed by atoms with van der Waals surface area (Å²) in [6, 6.07) is 8.31. The molecule has 1 heterocycles. The third-order valence-electron chi connectivity index (χ3n) is 3.51. The van der Waals surface area contributed by atoms with E-state index in [1.807, 2.05) is 24.3 Å². The summed E-state index contributed by atoms with van der Waals surface area (Å²) in [6.45, 7) is 0. The molecule has 1 saturated carbocycles. The summed E-state index contributed by atoms with van der Waals surface area (Å²) in [6.07, 6.45) is 6.55. The van der Waals surface area contributed by atoms with Gasteiger partial charge < -0.3 is 9.84 Å². The van der Waals surface area contributed by atoms with Gasteiger partial charge in [0.05, 0.1) is 11.6 Å². The molecule has 1 aromatic heterocycles. The van der Waals surface area contributed by atoms with Crippen LogP contribution in [-0.2, 0) is 0 Å². The van der Waals surface area contributed by atoms with Crippen LogP contribution in [0.1, 0.15) is 31.2 Å². The molecule has 1 aliphatic carbocycles. The third kappa shape index (κ3) is 1.99. The fraction of sp³-hybridized carbons (Fsp3) is 0.357. The highest BCUT2D eigenvalue weighted by Gasteiger charge is 2.17. The topological polar surface area (TPSA) is 63.5 Å². The van der Waals surface area contributed by atoms with Crippen molar-refractivity contribution in [2.75, 3.05) is 0 Å². The molecule has 18 heavy (non-hydrogen) atoms. The molecule has 1 fully saturated rings. The monoisotopic (exact) mass is 243 g/mol. The van der Waals surface area contributed by atoms with Crippen LogP contribution in [0.15, 0.2) is 39.9 Å². The first-order chi connectivity index (χ1) is 8.88. The van der Waals surface area contributed by atoms with Gasteiger partial charge in [0, 0.05) is 5.39 Å². The fourth-order valence-corrected chi connectivity index (χ4v) is 2.56. The molecule has 4 heteroatoms. The Bertz CT molecular complexity index is 567. The molecule has 0 amide bonds. The van der Waals surface area contributed by atoms with E-state index in [0.29, 0.717) is 6.04 Å². The van der Waals surface area contributed by atoms with Gasteiger partial charge in [-0.3, -0.25) is 4.99 Å². The highest BCUT2D eigenvalue weighted by molar-refractivity contribution is 6.08. The van der Waals surface area contributed by atoms with Gasteiger partial charge in [-0.15, -0.1) is 0 Å². The molecule has 3 N–H and O–H groups in total. The molecule has 1 aromatic carbocycles. The number of nitrogens with one attached hydrogen (secondary N) is 1. The van der Waals surface area contributed by atoms with Crippen LogP contribution >= 0.6 is 0 Å². The number of benzene rings is 1. The summed E-state index contributed by atoms with van der Waals surface area (Å²) < 4.78 is 5.52. The van der Waals surface area contributed by atoms with Crippen molar-refractivity contribution in [2.45, 2.75) is 31.7 Å². The average Bonchev–Trinajstić information content (AvgIpc) is 3.05. The predicted molar refractivity (Wildman–Crippen MR) is 72.3 cm³/mol. The second-order valence-electron chi connectivity index (χ2n) is 4.71. The minimum absolute atomic E-state index is 0.393. The Morgan fingerprint density at radius 3 is 2.83 bits per heavy atom. The normalized spacial score (nSPS) is 17.5. The number of aliphatic imine (C=N–C) groups is 1. The van der Waals surface area contributed by atoms with E-state index in [0.717, 1.165) is 35.2 Å². The van der Waals surface area contributed by atoms with E-state index in [1.54, 1.807) is 6.26 Å². The third-order valence-corrected chi connectivity index (χ3v) is 3.51. The Morgan fingerprint density at radius 2 is 2.06 bits per heavy atom. The lowest BCUT2D eigenvalue weighted by atomic mass is 10.1. The van der Waals surface area contributed by atoms with E-state index in [9.17, 15) is 0 Å². The van der Waals surface area contributed by atoms with E-state index < -0.39 is 0 Å². The first-order valence-corrected chi connectivity index (χ1v) is 6.39. The van der Waals surface area contributed by atoms with Gasteiger partial charge in [0.1, 0.15) is 17.7 Å². The minimum atomic E-state index is 0.393. The van der Waals surface area contributed by atoms with Crippen molar-refractivity contribution in [3.05, 3.63) is 36.1 Å². The van der Waals surface area contributed by atoms with Gasteiger partial charge in [-0.05, 0) is 18.9 Å². The zero-order valence-corrected chi connectivity index (χ0v) is 10.2. The Labute approximate surface area is 106 Å². The Balaban J connectivity index is 2.00. The first-order valence-electron chi connectivity index (χ1n) is 6.39. The average molecular weight is 243 g/mol. The van der Waals surface area contributed by atoms with Crippen LogP contribution in [0.4, 0.5) is 0 Å². The van der Waals surface area contributed by atoms with Crippen LogP contribution in [-0.4, -0.2) is 11.9 Å². The van der Waals surface area contributed by atoms with Gasteiger partial charge in [0.25, 0.3) is 0 Å². The molecule has 94 valence electrons. The zero-order chi connectivity index (χ0) is 12.4. The smallest absolute Gasteiger partial charge is 0.146 e. The Hall–Kier alpha value is -1.81. The van der Waals surface area contributed by atoms with Crippen LogP contribution in [0.5, 0.6) is 0 Å². The number of hydrogen-bond donors (Lipinski definition) is 2. The molecule has 0 unspecified atom stereocenters. The summed E-state index contributed by atoms with van der Waals surface area (Å²) >= 11 is 0. The van der Waals surface area contributed by atoms with Crippen molar-refractivity contribution in [2.24, 2.45) is 10.8 Å². The van der Waals surface area contributed by atoms with Gasteiger partial charge >= 0.3 is 0 Å². The van der Waals surface area contributed by atoms with Crippen molar-refractivity contribution in [1.82, 2.24) is 5.43 Å². The number of para-hydroxylation sites is 1. The van der Waals surface area contributed by atoms with Crippen LogP contribution in [0.25, 0.3) is 11.0 Å². The lowest BCUT2D eigenvalue weighted by molar-refractivity contribution is 0.614. The summed E-state index contributed by atoms with van der Waals surface area (Å²) in [5.41, 5.74) is 4.52. The lowest BCUT2D eigenvalue weighted by Gasteiger charge is -2.08. The zero-order valence-electron chi connectivity index (χ0n) is 10.2. The maximum Gasteiger partial charge on any atom is 0.146 e. The van der Waals surface area contributed by atoms with Crippen molar-refractivity contribution in [3.8, 4) is 0 Å². The molecule has 0 spiro atoms. The van der Waals surface area contributed by atoms with Gasteiger partial charge in [-0.2, -0.15) is 0 Å². The maximum absolute atomic E-state index is 5.61. The van der Waals surface area contributed by atoms with Gasteiger partial charge in [-0.1, -0.05) is 31.0 Å². The SMILES string of the molecule is NNC(=NC1CCCC1)c1coc2ccccc12. The van der Waals surface area contributed by atoms with Gasteiger partial charge in [0.2, 0.25) is 0 Å². The second kappa shape index (κ2) is 4.82. The van der Waals surface area contributed by atoms with Crippen molar-refractivity contribution in [3.63, 3.8) is 0 Å². The first kappa shape index (κ1) is 11.3. The molecule has 0 atom stereocenters. The Morgan fingerprint density at radius 1 is 1.28 bits per heavy atom. The number of furan rings is 1. The predicted octanol–water partition coefficient (Wildman–Crippen LogP) is 2.59. The molecular weight excluding hydrogens is 226 g/mol. The van der Waals surface area contributed by atoms with Gasteiger partial charge in [0.15, 0.2) is 0 Å². The summed E-state index contributed by atoms with van der Waals surface area (Å²) in [5, 5.41) is 1.05. The molecule has 2 aromatic rings. The minimum Gasteiger partial charge on any atom is -0.464 e. The molecular formula is C14H17N3O. The number of fused-ring (bicyclic) bond motifs is 1. The molecule has 3 rings (SSSR count). The number of rotatable bonds is 2. The molecule has 1 aliphatic rings. The standard InChI is InChI=1S/C14H17N3O/c15-17-14(16-10-5-1-2-6-10)12-9-18-13-8-4-3-7-11(12)13/h3-4,7-10H,1-2,5-6,15H2,(H,16,17). The number of hydrogen-bond acceptors (Lipinski definition) is 3. The van der Waals surface area contributed by atoms with E-state index >= 15 is 0 Å². The number of nitrogens with zero attached hydrogens (tertiary/aromatic N) is 1. The van der Waals surface area contributed by atoms with Crippen molar-refractivity contribution in [1.29, 1.82) is 0 Å². The molecule has 0 saturated heterocycles. The molecule has 0 bridgehead atoms. The van der Waals surface area contributed by atoms with Crippen LogP contribution < -0.4 is 11.3 Å². The highest BCUT2D eigenvalue weighted by atomic mass is 16.3. The second-order valence-corrected chi connectivity index (χ2v) is 4.71. The quantitative estimate of drug-likeness (QED) is 0.369. The number of nitrogens with two attached hydrogens (primary N) is 1. The van der Waals surface area contributed by atoms with E-state index in [-0.39, 0.29) is 0 Å². The fourth-order valence-electron chi connectivity index (χ4n) is 2.56. The van der Waals surface area contributed by atoms with Crippen LogP contribution in [0.2, 0.25) is 0 Å². The van der Waals surface area contributed by atoms with Gasteiger partial charge in [-0.25, -0.2) is 5.84 Å². The molecule has 0 radical (unpaired) electrons. The number of hydrazine groups is 1. The maximum atomic E-state index is 5.61.